The molecule has 0 aromatic heterocycles. The molecule has 5 heteroatoms. The van der Waals surface area contributed by atoms with E-state index in [2.05, 4.69) is 10.3 Å². The molecule has 1 aliphatic rings. The molecular weight excluding hydrogens is 140 g/mol. The standard InChI is InChI=1S/C4H8N2O2S/c1-2-3(4(7)8)5-6-9-2/h4-8H,1H3. The predicted molar refractivity (Wildman–Crippen MR) is 34.8 cm³/mol. The lowest BCUT2D eigenvalue weighted by molar-refractivity contribution is -0.0131. The number of rotatable bonds is 1. The zero-order chi connectivity index (χ0) is 6.85. The molecule has 52 valence electrons. The van der Waals surface area contributed by atoms with Crippen molar-refractivity contribution in [3.05, 3.63) is 10.6 Å². The largest absolute Gasteiger partial charge is 0.363 e. The van der Waals surface area contributed by atoms with Crippen molar-refractivity contribution < 1.29 is 10.2 Å². The summed E-state index contributed by atoms with van der Waals surface area (Å²) in [6, 6.07) is 0. The second kappa shape index (κ2) is 2.57. The van der Waals surface area contributed by atoms with E-state index in [1.165, 1.54) is 11.9 Å². The molecule has 0 aromatic rings. The highest BCUT2D eigenvalue weighted by molar-refractivity contribution is 8.01. The summed E-state index contributed by atoms with van der Waals surface area (Å²) in [7, 11) is 0. The van der Waals surface area contributed by atoms with Crippen molar-refractivity contribution in [2.75, 3.05) is 0 Å². The van der Waals surface area contributed by atoms with Crippen LogP contribution in [-0.2, 0) is 0 Å². The van der Waals surface area contributed by atoms with Crippen molar-refractivity contribution in [1.29, 1.82) is 0 Å². The van der Waals surface area contributed by atoms with Gasteiger partial charge in [-0.2, -0.15) is 4.83 Å². The van der Waals surface area contributed by atoms with Crippen LogP contribution >= 0.6 is 11.9 Å². The van der Waals surface area contributed by atoms with E-state index in [-0.39, 0.29) is 0 Å². The van der Waals surface area contributed by atoms with E-state index in [1.807, 2.05) is 0 Å². The van der Waals surface area contributed by atoms with Crippen LogP contribution in [0.5, 0.6) is 0 Å². The first-order valence-corrected chi connectivity index (χ1v) is 3.28. The maximum Gasteiger partial charge on any atom is 0.195 e. The minimum absolute atomic E-state index is 0.431. The highest BCUT2D eigenvalue weighted by atomic mass is 32.2. The number of allylic oxidation sites excluding steroid dienone is 1. The van der Waals surface area contributed by atoms with Gasteiger partial charge in [-0.05, 0) is 18.9 Å². The number of aliphatic hydroxyl groups excluding tert-OH is 1. The van der Waals surface area contributed by atoms with Crippen LogP contribution in [0.2, 0.25) is 0 Å². The van der Waals surface area contributed by atoms with Gasteiger partial charge in [0.15, 0.2) is 6.29 Å². The minimum Gasteiger partial charge on any atom is -0.363 e. The summed E-state index contributed by atoms with van der Waals surface area (Å²) in [5.74, 6) is 0. The maximum absolute atomic E-state index is 8.60. The van der Waals surface area contributed by atoms with E-state index in [0.717, 1.165) is 4.91 Å². The van der Waals surface area contributed by atoms with Crippen LogP contribution in [0.4, 0.5) is 0 Å². The van der Waals surface area contributed by atoms with E-state index in [4.69, 9.17) is 10.2 Å². The lowest BCUT2D eigenvalue weighted by Gasteiger charge is -2.03. The van der Waals surface area contributed by atoms with E-state index in [0.29, 0.717) is 5.70 Å². The van der Waals surface area contributed by atoms with Crippen LogP contribution < -0.4 is 10.3 Å². The van der Waals surface area contributed by atoms with Crippen molar-refractivity contribution >= 4 is 11.9 Å². The van der Waals surface area contributed by atoms with Crippen molar-refractivity contribution in [2.45, 2.75) is 13.2 Å². The summed E-state index contributed by atoms with van der Waals surface area (Å²) in [6.07, 6.45) is -1.40. The molecule has 4 N–H and O–H groups in total. The van der Waals surface area contributed by atoms with Gasteiger partial charge in [-0.1, -0.05) is 0 Å². The zero-order valence-electron chi connectivity index (χ0n) is 4.88. The molecular formula is C4H8N2O2S. The van der Waals surface area contributed by atoms with E-state index >= 15 is 0 Å². The average molecular weight is 148 g/mol. The van der Waals surface area contributed by atoms with Gasteiger partial charge in [0, 0.05) is 4.91 Å². The highest BCUT2D eigenvalue weighted by Crippen LogP contribution is 2.20. The molecule has 9 heavy (non-hydrogen) atoms. The first-order chi connectivity index (χ1) is 4.22. The average Bonchev–Trinajstić information content (AvgIpc) is 2.13. The van der Waals surface area contributed by atoms with Gasteiger partial charge in [0.25, 0.3) is 0 Å². The zero-order valence-corrected chi connectivity index (χ0v) is 5.70. The van der Waals surface area contributed by atoms with E-state index in [1.54, 1.807) is 6.92 Å². The summed E-state index contributed by atoms with van der Waals surface area (Å²) in [5.41, 5.74) is 3.03. The monoisotopic (exact) mass is 148 g/mol. The molecule has 0 atom stereocenters. The molecule has 0 aliphatic carbocycles. The van der Waals surface area contributed by atoms with Crippen LogP contribution in [-0.4, -0.2) is 16.5 Å². The van der Waals surface area contributed by atoms with Crippen LogP contribution in [0, 0.1) is 0 Å². The maximum atomic E-state index is 8.60. The molecule has 0 saturated heterocycles. The first-order valence-electron chi connectivity index (χ1n) is 2.46. The Balaban J connectivity index is 2.66. The summed E-state index contributed by atoms with van der Waals surface area (Å²) in [5, 5.41) is 17.2. The Morgan fingerprint density at radius 1 is 1.56 bits per heavy atom. The van der Waals surface area contributed by atoms with Gasteiger partial charge in [-0.15, -0.1) is 0 Å². The van der Waals surface area contributed by atoms with Crippen molar-refractivity contribution in [3.63, 3.8) is 0 Å². The Morgan fingerprint density at radius 3 is 2.44 bits per heavy atom. The molecule has 4 nitrogen and oxygen atoms in total. The molecule has 1 rings (SSSR count). The second-order valence-electron chi connectivity index (χ2n) is 1.67. The van der Waals surface area contributed by atoms with Crippen LogP contribution in [0.15, 0.2) is 10.6 Å². The quantitative estimate of drug-likeness (QED) is 0.292. The third kappa shape index (κ3) is 1.36. The third-order valence-corrected chi connectivity index (χ3v) is 1.76. The van der Waals surface area contributed by atoms with Gasteiger partial charge in [0.2, 0.25) is 0 Å². The van der Waals surface area contributed by atoms with Gasteiger partial charge in [-0.3, -0.25) is 0 Å². The molecule has 0 saturated carbocycles. The van der Waals surface area contributed by atoms with Crippen molar-refractivity contribution in [2.24, 2.45) is 0 Å². The summed E-state index contributed by atoms with van der Waals surface area (Å²) in [4.78, 5) is 3.53. The van der Waals surface area contributed by atoms with Gasteiger partial charge in [0.1, 0.15) is 0 Å². The molecule has 0 spiro atoms. The Bertz CT molecular complexity index is 146. The summed E-state index contributed by atoms with van der Waals surface area (Å²) in [6.45, 7) is 1.80. The Morgan fingerprint density at radius 2 is 2.22 bits per heavy atom. The van der Waals surface area contributed by atoms with Gasteiger partial charge >= 0.3 is 0 Å². The second-order valence-corrected chi connectivity index (χ2v) is 2.69. The fraction of sp³-hybridized carbons (Fsp3) is 0.500. The molecule has 0 aromatic carbocycles. The van der Waals surface area contributed by atoms with Crippen LogP contribution in [0.25, 0.3) is 0 Å². The molecule has 0 fully saturated rings. The fourth-order valence-corrected chi connectivity index (χ4v) is 1.13. The smallest absolute Gasteiger partial charge is 0.195 e. The molecule has 1 heterocycles. The molecule has 1 aliphatic heterocycles. The van der Waals surface area contributed by atoms with Crippen molar-refractivity contribution in [1.82, 2.24) is 10.3 Å². The van der Waals surface area contributed by atoms with E-state index < -0.39 is 6.29 Å². The number of hydrazine groups is 1. The van der Waals surface area contributed by atoms with Gasteiger partial charge in [0.05, 0.1) is 5.70 Å². The number of aliphatic hydroxyl groups is 2. The Labute approximate surface area is 57.1 Å². The number of nitrogens with one attached hydrogen (secondary N) is 2. The summed E-state index contributed by atoms with van der Waals surface area (Å²) < 4.78 is 0. The molecule has 0 unspecified atom stereocenters. The third-order valence-electron chi connectivity index (χ3n) is 1.03. The first kappa shape index (κ1) is 6.88. The fourth-order valence-electron chi connectivity index (χ4n) is 0.546. The van der Waals surface area contributed by atoms with Gasteiger partial charge < -0.3 is 15.6 Å². The van der Waals surface area contributed by atoms with Gasteiger partial charge in [-0.25, -0.2) is 0 Å². The molecule has 0 amide bonds. The van der Waals surface area contributed by atoms with Crippen LogP contribution in [0.1, 0.15) is 6.92 Å². The Hall–Kier alpha value is -0.230. The predicted octanol–water partition coefficient (Wildman–Crippen LogP) is -0.715. The highest BCUT2D eigenvalue weighted by Gasteiger charge is 2.15. The lowest BCUT2D eigenvalue weighted by Crippen LogP contribution is -2.26. The number of hydrogen-bond donors (Lipinski definition) is 4. The van der Waals surface area contributed by atoms with E-state index in [9.17, 15) is 0 Å². The summed E-state index contributed by atoms with van der Waals surface area (Å²) >= 11 is 1.33. The Kier molecular flexibility index (Phi) is 1.97. The topological polar surface area (TPSA) is 64.5 Å². The minimum atomic E-state index is -1.40. The van der Waals surface area contributed by atoms with Crippen molar-refractivity contribution in [3.8, 4) is 0 Å². The molecule has 0 bridgehead atoms. The molecule has 0 radical (unpaired) electrons. The lowest BCUT2D eigenvalue weighted by atomic mass is 10.4. The van der Waals surface area contributed by atoms with Crippen LogP contribution in [0.3, 0.4) is 0 Å². The number of hydrogen-bond acceptors (Lipinski definition) is 5. The SMILES string of the molecule is CC1=C(C(O)O)NNS1. The normalized spacial score (nSPS) is 19.1.